The van der Waals surface area contributed by atoms with Crippen molar-refractivity contribution in [1.29, 1.82) is 0 Å². The zero-order chi connectivity index (χ0) is 27.8. The standard InChI is InChI=1S/C22H28N10O7/c1-29-4-6-30(7-5-29)12-3-2-11(8-13(12)32(37)38)9-24-28-22-25-15-18(26-21(23)27-19(15)36)31(22)20-17(35)16(34)14(10-33)39-20/h2-3,8-9,14,16-17,20,33-35H,4-7,10H2,1H3,(H,25,28)(H3,23,26,27,36)/b24-9-/t14-,16-,17-,20-/m1/s1. The van der Waals surface area contributed by atoms with Crippen molar-refractivity contribution >= 4 is 40.6 Å². The fourth-order valence-electron chi connectivity index (χ4n) is 4.66. The maximum Gasteiger partial charge on any atom is 0.293 e. The average Bonchev–Trinajstić information content (AvgIpc) is 3.40. The zero-order valence-corrected chi connectivity index (χ0v) is 20.8. The molecule has 0 spiro atoms. The Balaban J connectivity index is 1.45. The van der Waals surface area contributed by atoms with Gasteiger partial charge in [0.2, 0.25) is 11.9 Å². The zero-order valence-electron chi connectivity index (χ0n) is 20.8. The van der Waals surface area contributed by atoms with Crippen molar-refractivity contribution < 1.29 is 25.0 Å². The second-order valence-corrected chi connectivity index (χ2v) is 9.32. The van der Waals surface area contributed by atoms with Crippen LogP contribution in [-0.4, -0.2) is 109 Å². The van der Waals surface area contributed by atoms with Crippen molar-refractivity contribution in [2.24, 2.45) is 5.10 Å². The summed E-state index contributed by atoms with van der Waals surface area (Å²) in [5.74, 6) is -0.313. The predicted molar refractivity (Wildman–Crippen MR) is 140 cm³/mol. The Morgan fingerprint density at radius 2 is 2.03 bits per heavy atom. The number of H-pyrrole nitrogens is 1. The van der Waals surface area contributed by atoms with E-state index in [4.69, 9.17) is 10.5 Å². The lowest BCUT2D eigenvalue weighted by Gasteiger charge is -2.33. The van der Waals surface area contributed by atoms with Crippen LogP contribution in [-0.2, 0) is 4.74 Å². The third-order valence-corrected chi connectivity index (χ3v) is 6.76. The highest BCUT2D eigenvalue weighted by Crippen LogP contribution is 2.34. The van der Waals surface area contributed by atoms with Crippen LogP contribution in [0.25, 0.3) is 11.2 Å². The molecule has 0 aliphatic carbocycles. The number of hydrogen-bond donors (Lipinski definition) is 6. The summed E-state index contributed by atoms with van der Waals surface area (Å²) in [5.41, 5.74) is 8.35. The summed E-state index contributed by atoms with van der Waals surface area (Å²) >= 11 is 0. The van der Waals surface area contributed by atoms with E-state index >= 15 is 0 Å². The minimum atomic E-state index is -1.50. The molecule has 1 aromatic carbocycles. The quantitative estimate of drug-likeness (QED) is 0.112. The van der Waals surface area contributed by atoms with Gasteiger partial charge in [0, 0.05) is 37.8 Å². The number of hydrazone groups is 1. The molecule has 0 unspecified atom stereocenters. The number of rotatable bonds is 7. The summed E-state index contributed by atoms with van der Waals surface area (Å²) in [6, 6.07) is 4.76. The number of nitrogens with zero attached hydrogens (tertiary/aromatic N) is 7. The Morgan fingerprint density at radius 3 is 2.69 bits per heavy atom. The monoisotopic (exact) mass is 544 g/mol. The number of likely N-dealkylation sites (N-methyl/N-ethyl adjacent to an activating group) is 1. The summed E-state index contributed by atoms with van der Waals surface area (Å²) in [7, 11) is 2.00. The molecule has 208 valence electrons. The SMILES string of the molecule is CN1CCN(c2ccc(/C=N\Nc3nc4c(=O)[nH]c(N)nc4n3[C@@H]3O[C@H](CO)[C@@H](O)[C@H]3O)cc2[N+](=O)[O-])CC1. The molecule has 17 heteroatoms. The minimum Gasteiger partial charge on any atom is -0.394 e. The van der Waals surface area contributed by atoms with Gasteiger partial charge < -0.3 is 35.6 Å². The summed E-state index contributed by atoms with van der Waals surface area (Å²) < 4.78 is 6.79. The molecule has 2 aliphatic heterocycles. The molecule has 0 bridgehead atoms. The lowest BCUT2D eigenvalue weighted by Crippen LogP contribution is -2.44. The number of nitro benzene ring substituents is 1. The lowest BCUT2D eigenvalue weighted by molar-refractivity contribution is -0.384. The smallest absolute Gasteiger partial charge is 0.293 e. The van der Waals surface area contributed by atoms with Gasteiger partial charge in [0.1, 0.15) is 24.0 Å². The number of aromatic nitrogens is 4. The van der Waals surface area contributed by atoms with Gasteiger partial charge in [-0.05, 0) is 13.1 Å². The second-order valence-electron chi connectivity index (χ2n) is 9.32. The molecule has 2 aromatic heterocycles. The topological polar surface area (TPSA) is 234 Å². The molecule has 39 heavy (non-hydrogen) atoms. The van der Waals surface area contributed by atoms with E-state index in [0.29, 0.717) is 24.3 Å². The molecular weight excluding hydrogens is 516 g/mol. The molecule has 4 heterocycles. The number of nitrogen functional groups attached to an aromatic ring is 1. The van der Waals surface area contributed by atoms with E-state index in [1.54, 1.807) is 12.1 Å². The number of anilines is 3. The normalized spacial score (nSPS) is 24.2. The molecule has 2 aliphatic rings. The number of nitrogens with two attached hydrogens (primary N) is 1. The first kappa shape index (κ1) is 26.4. The van der Waals surface area contributed by atoms with E-state index in [9.17, 15) is 30.2 Å². The van der Waals surface area contributed by atoms with E-state index in [0.717, 1.165) is 13.1 Å². The number of hydrogen-bond acceptors (Lipinski definition) is 14. The highest BCUT2D eigenvalue weighted by Gasteiger charge is 2.45. The first-order chi connectivity index (χ1) is 18.7. The lowest BCUT2D eigenvalue weighted by atomic mass is 10.1. The summed E-state index contributed by atoms with van der Waals surface area (Å²) in [6.07, 6.45) is -3.99. The van der Waals surface area contributed by atoms with Crippen molar-refractivity contribution in [3.63, 3.8) is 0 Å². The number of fused-ring (bicyclic) bond motifs is 1. The van der Waals surface area contributed by atoms with Crippen molar-refractivity contribution in [2.75, 3.05) is 55.9 Å². The minimum absolute atomic E-state index is 0.0593. The maximum absolute atomic E-state index is 12.4. The number of piperazine rings is 1. The van der Waals surface area contributed by atoms with Gasteiger partial charge in [-0.2, -0.15) is 10.1 Å². The van der Waals surface area contributed by atoms with Crippen molar-refractivity contribution in [3.05, 3.63) is 44.2 Å². The fourth-order valence-corrected chi connectivity index (χ4v) is 4.66. The van der Waals surface area contributed by atoms with E-state index in [1.807, 2.05) is 11.9 Å². The van der Waals surface area contributed by atoms with Gasteiger partial charge in [-0.1, -0.05) is 6.07 Å². The number of nitro groups is 1. The summed E-state index contributed by atoms with van der Waals surface area (Å²) in [5, 5.41) is 46.2. The first-order valence-corrected chi connectivity index (χ1v) is 12.1. The second kappa shape index (κ2) is 10.5. The molecule has 0 radical (unpaired) electrons. The summed E-state index contributed by atoms with van der Waals surface area (Å²) in [6.45, 7) is 2.36. The highest BCUT2D eigenvalue weighted by atomic mass is 16.6. The number of ether oxygens (including phenoxy) is 1. The van der Waals surface area contributed by atoms with Crippen LogP contribution in [0.2, 0.25) is 0 Å². The molecule has 4 atom stereocenters. The molecule has 7 N–H and O–H groups in total. The van der Waals surface area contributed by atoms with Crippen LogP contribution < -0.4 is 21.6 Å². The number of aliphatic hydroxyl groups is 3. The Kier molecular flexibility index (Phi) is 7.15. The van der Waals surface area contributed by atoms with Crippen LogP contribution in [0.1, 0.15) is 11.8 Å². The van der Waals surface area contributed by atoms with E-state index in [1.165, 1.54) is 16.8 Å². The van der Waals surface area contributed by atoms with Gasteiger partial charge in [0.05, 0.1) is 17.7 Å². The summed E-state index contributed by atoms with van der Waals surface area (Å²) in [4.78, 5) is 38.5. The molecular formula is C22H28N10O7. The van der Waals surface area contributed by atoms with Crippen LogP contribution in [0.3, 0.4) is 0 Å². The van der Waals surface area contributed by atoms with Crippen LogP contribution in [0.15, 0.2) is 28.1 Å². The molecule has 3 aromatic rings. The van der Waals surface area contributed by atoms with Gasteiger partial charge in [-0.3, -0.25) is 24.5 Å². The molecule has 0 amide bonds. The molecule has 0 saturated carbocycles. The molecule has 5 rings (SSSR count). The van der Waals surface area contributed by atoms with Crippen molar-refractivity contribution in [2.45, 2.75) is 24.5 Å². The van der Waals surface area contributed by atoms with Crippen LogP contribution in [0.4, 0.5) is 23.3 Å². The van der Waals surface area contributed by atoms with E-state index in [-0.39, 0.29) is 28.7 Å². The van der Waals surface area contributed by atoms with Gasteiger partial charge in [-0.15, -0.1) is 0 Å². The Morgan fingerprint density at radius 1 is 1.28 bits per heavy atom. The van der Waals surface area contributed by atoms with Crippen LogP contribution >= 0.6 is 0 Å². The number of nitrogens with one attached hydrogen (secondary N) is 2. The van der Waals surface area contributed by atoms with Crippen molar-refractivity contribution in [3.8, 4) is 0 Å². The maximum atomic E-state index is 12.4. The third kappa shape index (κ3) is 5.00. The highest BCUT2D eigenvalue weighted by molar-refractivity contribution is 5.84. The predicted octanol–water partition coefficient (Wildman–Crippen LogP) is -1.58. The van der Waals surface area contributed by atoms with Gasteiger partial charge in [0.25, 0.3) is 11.2 Å². The van der Waals surface area contributed by atoms with E-state index < -0.39 is 41.6 Å². The fraction of sp³-hybridized carbons (Fsp3) is 0.455. The molecule has 2 fully saturated rings. The molecule has 17 nitrogen and oxygen atoms in total. The molecule has 2 saturated heterocycles. The van der Waals surface area contributed by atoms with Gasteiger partial charge >= 0.3 is 0 Å². The van der Waals surface area contributed by atoms with Crippen molar-refractivity contribution in [1.82, 2.24) is 24.4 Å². The van der Waals surface area contributed by atoms with Crippen LogP contribution in [0, 0.1) is 10.1 Å². The van der Waals surface area contributed by atoms with Gasteiger partial charge in [0.15, 0.2) is 17.4 Å². The van der Waals surface area contributed by atoms with Crippen LogP contribution in [0.5, 0.6) is 0 Å². The third-order valence-electron chi connectivity index (χ3n) is 6.76. The van der Waals surface area contributed by atoms with Gasteiger partial charge in [-0.25, -0.2) is 10.4 Å². The first-order valence-electron chi connectivity index (χ1n) is 12.1. The Hall–Kier alpha value is -4.16. The largest absolute Gasteiger partial charge is 0.394 e. The number of aromatic amines is 1. The Labute approximate surface area is 220 Å². The number of aliphatic hydroxyl groups excluding tert-OH is 3. The Bertz CT molecular complexity index is 1470. The number of imidazole rings is 1. The average molecular weight is 545 g/mol. The number of benzene rings is 1. The van der Waals surface area contributed by atoms with E-state index in [2.05, 4.69) is 30.4 Å².